The summed E-state index contributed by atoms with van der Waals surface area (Å²) in [6, 6.07) is 4.96. The van der Waals surface area contributed by atoms with Gasteiger partial charge in [-0.15, -0.1) is 6.58 Å². The normalized spacial score (nSPS) is 9.53. The Morgan fingerprint density at radius 3 is 2.82 bits per heavy atom. The molecule has 0 unspecified atom stereocenters. The van der Waals surface area contributed by atoms with E-state index in [9.17, 15) is 4.79 Å². The van der Waals surface area contributed by atoms with Gasteiger partial charge < -0.3 is 14.2 Å². The van der Waals surface area contributed by atoms with Crippen molar-refractivity contribution in [3.8, 4) is 11.5 Å². The maximum atomic E-state index is 11.1. The molecule has 0 saturated heterocycles. The van der Waals surface area contributed by atoms with E-state index in [0.717, 1.165) is 5.56 Å². The molecule has 0 radical (unpaired) electrons. The largest absolute Gasteiger partial charge is 0.515 e. The molecule has 0 N–H and O–H groups in total. The van der Waals surface area contributed by atoms with Gasteiger partial charge in [0.2, 0.25) is 0 Å². The number of carbonyl (C=O) groups excluding carboxylic acids is 1. The topological polar surface area (TPSA) is 44.8 Å². The van der Waals surface area contributed by atoms with Gasteiger partial charge in [0.05, 0.1) is 7.11 Å². The van der Waals surface area contributed by atoms with Gasteiger partial charge in [-0.25, -0.2) is 4.79 Å². The average molecular weight is 257 g/mol. The molecule has 0 heterocycles. The second kappa shape index (κ2) is 6.81. The van der Waals surface area contributed by atoms with Crippen LogP contribution in [-0.2, 0) is 11.2 Å². The molecule has 5 heteroatoms. The highest BCUT2D eigenvalue weighted by atomic mass is 35.5. The van der Waals surface area contributed by atoms with Crippen LogP contribution in [0.3, 0.4) is 0 Å². The third-order valence-corrected chi connectivity index (χ3v) is 2.08. The highest BCUT2D eigenvalue weighted by molar-refractivity contribution is 6.17. The summed E-state index contributed by atoms with van der Waals surface area (Å²) < 4.78 is 14.5. The van der Waals surface area contributed by atoms with Crippen molar-refractivity contribution < 1.29 is 19.0 Å². The minimum atomic E-state index is -0.866. The van der Waals surface area contributed by atoms with Crippen LogP contribution in [-0.4, -0.2) is 19.3 Å². The summed E-state index contributed by atoms with van der Waals surface area (Å²) >= 11 is 5.24. The smallest absolute Gasteiger partial charge is 0.493 e. The first-order chi connectivity index (χ1) is 8.21. The Hall–Kier alpha value is -1.68. The Labute approximate surface area is 105 Å². The van der Waals surface area contributed by atoms with E-state index < -0.39 is 6.16 Å². The number of ether oxygens (including phenoxy) is 3. The number of allylic oxidation sites excluding steroid dienone is 1. The van der Waals surface area contributed by atoms with Crippen LogP contribution in [0.15, 0.2) is 30.9 Å². The summed E-state index contributed by atoms with van der Waals surface area (Å²) in [5.41, 5.74) is 1.01. The first-order valence-corrected chi connectivity index (χ1v) is 5.43. The summed E-state index contributed by atoms with van der Waals surface area (Å²) in [5, 5.41) is 0. The summed E-state index contributed by atoms with van der Waals surface area (Å²) in [4.78, 5) is 11.1. The molecule has 0 bridgehead atoms. The number of rotatable bonds is 5. The van der Waals surface area contributed by atoms with Crippen molar-refractivity contribution in [3.63, 3.8) is 0 Å². The van der Waals surface area contributed by atoms with Crippen molar-refractivity contribution in [1.82, 2.24) is 0 Å². The average Bonchev–Trinajstić information content (AvgIpc) is 2.31. The number of benzene rings is 1. The molecule has 0 aliphatic rings. The van der Waals surface area contributed by atoms with Gasteiger partial charge in [-0.1, -0.05) is 23.7 Å². The SMILES string of the molecule is C=CCc1ccc(OC(=O)OCCl)c(OC)c1. The van der Waals surface area contributed by atoms with Crippen LogP contribution in [0.5, 0.6) is 11.5 Å². The van der Waals surface area contributed by atoms with Gasteiger partial charge in [-0.05, 0) is 24.1 Å². The zero-order chi connectivity index (χ0) is 12.7. The first kappa shape index (κ1) is 13.4. The number of hydrogen-bond acceptors (Lipinski definition) is 4. The lowest BCUT2D eigenvalue weighted by atomic mass is 10.1. The molecule has 0 aromatic heterocycles. The molecule has 1 aromatic rings. The molecule has 0 amide bonds. The van der Waals surface area contributed by atoms with E-state index in [-0.39, 0.29) is 11.8 Å². The van der Waals surface area contributed by atoms with Crippen molar-refractivity contribution in [1.29, 1.82) is 0 Å². The Kier molecular flexibility index (Phi) is 5.36. The number of carbonyl (C=O) groups is 1. The molecule has 0 atom stereocenters. The lowest BCUT2D eigenvalue weighted by molar-refractivity contribution is 0.114. The predicted molar refractivity (Wildman–Crippen MR) is 64.7 cm³/mol. The fourth-order valence-corrected chi connectivity index (χ4v) is 1.34. The third kappa shape index (κ3) is 4.00. The fraction of sp³-hybridized carbons (Fsp3) is 0.250. The van der Waals surface area contributed by atoms with E-state index >= 15 is 0 Å². The number of hydrogen-bond donors (Lipinski definition) is 0. The lowest BCUT2D eigenvalue weighted by Crippen LogP contribution is -2.10. The molecule has 0 fully saturated rings. The van der Waals surface area contributed by atoms with Gasteiger partial charge in [-0.3, -0.25) is 0 Å². The predicted octanol–water partition coefficient (Wildman–Crippen LogP) is 3.14. The maximum absolute atomic E-state index is 11.1. The number of halogens is 1. The van der Waals surface area contributed by atoms with Crippen LogP contribution in [0.25, 0.3) is 0 Å². The Morgan fingerprint density at radius 2 is 2.24 bits per heavy atom. The van der Waals surface area contributed by atoms with Gasteiger partial charge >= 0.3 is 6.16 Å². The molecular weight excluding hydrogens is 244 g/mol. The Bertz CT molecular complexity index is 403. The molecule has 17 heavy (non-hydrogen) atoms. The highest BCUT2D eigenvalue weighted by Gasteiger charge is 2.11. The van der Waals surface area contributed by atoms with Crippen LogP contribution in [0, 0.1) is 0 Å². The fourth-order valence-electron chi connectivity index (χ4n) is 1.25. The second-order valence-electron chi connectivity index (χ2n) is 3.08. The molecule has 1 rings (SSSR count). The van der Waals surface area contributed by atoms with Crippen molar-refractivity contribution in [2.24, 2.45) is 0 Å². The molecule has 1 aromatic carbocycles. The summed E-state index contributed by atoms with van der Waals surface area (Å²) in [6.07, 6.45) is 1.62. The van der Waals surface area contributed by atoms with Crippen molar-refractivity contribution in [2.45, 2.75) is 6.42 Å². The number of alkyl halides is 1. The second-order valence-corrected chi connectivity index (χ2v) is 3.30. The van der Waals surface area contributed by atoms with Gasteiger partial charge in [0, 0.05) is 0 Å². The molecular formula is C12H13ClO4. The van der Waals surface area contributed by atoms with E-state index in [1.54, 1.807) is 18.2 Å². The van der Waals surface area contributed by atoms with Crippen molar-refractivity contribution >= 4 is 17.8 Å². The minimum Gasteiger partial charge on any atom is -0.493 e. The van der Waals surface area contributed by atoms with Gasteiger partial charge in [0.25, 0.3) is 0 Å². The molecule has 0 saturated carbocycles. The summed E-state index contributed by atoms with van der Waals surface area (Å²) in [5.74, 6) is 0.742. The first-order valence-electron chi connectivity index (χ1n) is 4.89. The molecule has 92 valence electrons. The number of methoxy groups -OCH3 is 1. The zero-order valence-electron chi connectivity index (χ0n) is 9.44. The highest BCUT2D eigenvalue weighted by Crippen LogP contribution is 2.28. The maximum Gasteiger partial charge on any atom is 0.515 e. The van der Waals surface area contributed by atoms with E-state index in [2.05, 4.69) is 11.3 Å². The Morgan fingerprint density at radius 1 is 1.47 bits per heavy atom. The van der Waals surface area contributed by atoms with E-state index in [1.807, 2.05) is 6.07 Å². The van der Waals surface area contributed by atoms with Crippen LogP contribution >= 0.6 is 11.6 Å². The third-order valence-electron chi connectivity index (χ3n) is 1.97. The molecule has 0 spiro atoms. The zero-order valence-corrected chi connectivity index (χ0v) is 10.2. The standard InChI is InChI=1S/C12H13ClO4/c1-3-4-9-5-6-10(11(7-9)15-2)17-12(14)16-8-13/h3,5-7H,1,4,8H2,2H3. The molecule has 0 aliphatic carbocycles. The summed E-state index contributed by atoms with van der Waals surface area (Å²) in [7, 11) is 1.49. The van der Waals surface area contributed by atoms with Gasteiger partial charge in [0.1, 0.15) is 0 Å². The monoisotopic (exact) mass is 256 g/mol. The van der Waals surface area contributed by atoms with Crippen LogP contribution in [0.1, 0.15) is 5.56 Å². The molecule has 4 nitrogen and oxygen atoms in total. The van der Waals surface area contributed by atoms with Crippen molar-refractivity contribution in [2.75, 3.05) is 13.2 Å². The Balaban J connectivity index is 2.84. The minimum absolute atomic E-state index is 0.254. The van der Waals surface area contributed by atoms with Gasteiger partial charge in [-0.2, -0.15) is 0 Å². The van der Waals surface area contributed by atoms with Gasteiger partial charge in [0.15, 0.2) is 17.6 Å². The van der Waals surface area contributed by atoms with E-state index in [4.69, 9.17) is 21.1 Å². The lowest BCUT2D eigenvalue weighted by Gasteiger charge is -2.09. The van der Waals surface area contributed by atoms with E-state index in [0.29, 0.717) is 12.2 Å². The van der Waals surface area contributed by atoms with Crippen LogP contribution in [0.2, 0.25) is 0 Å². The van der Waals surface area contributed by atoms with E-state index in [1.165, 1.54) is 7.11 Å². The quantitative estimate of drug-likeness (QED) is 0.351. The molecule has 0 aliphatic heterocycles. The summed E-state index contributed by atoms with van der Waals surface area (Å²) in [6.45, 7) is 3.65. The van der Waals surface area contributed by atoms with Crippen LogP contribution < -0.4 is 9.47 Å². The van der Waals surface area contributed by atoms with Crippen LogP contribution in [0.4, 0.5) is 4.79 Å². The van der Waals surface area contributed by atoms with Crippen molar-refractivity contribution in [3.05, 3.63) is 36.4 Å².